The Morgan fingerprint density at radius 3 is 2.65 bits per heavy atom. The molecule has 3 aromatic rings. The van der Waals surface area contributed by atoms with Gasteiger partial charge in [0.2, 0.25) is 0 Å². The van der Waals surface area contributed by atoms with Crippen molar-refractivity contribution in [3.63, 3.8) is 0 Å². The summed E-state index contributed by atoms with van der Waals surface area (Å²) in [5, 5.41) is 20.6. The molecule has 0 radical (unpaired) electrons. The number of hydrogen-bond acceptors (Lipinski definition) is 4. The zero-order valence-corrected chi connectivity index (χ0v) is 15.7. The van der Waals surface area contributed by atoms with E-state index in [4.69, 9.17) is 11.6 Å². The predicted octanol–water partition coefficient (Wildman–Crippen LogP) is 4.25. The second-order valence-electron chi connectivity index (χ2n) is 7.04. The van der Waals surface area contributed by atoms with Gasteiger partial charge in [0.25, 0.3) is 0 Å². The van der Waals surface area contributed by atoms with Crippen molar-refractivity contribution in [1.29, 1.82) is 0 Å². The fourth-order valence-corrected chi connectivity index (χ4v) is 4.05. The lowest BCUT2D eigenvalue weighted by molar-refractivity contribution is 0.221. The molecule has 0 bridgehead atoms. The van der Waals surface area contributed by atoms with Gasteiger partial charge in [-0.15, -0.1) is 10.2 Å². The Bertz CT molecular complexity index is 908. The lowest BCUT2D eigenvalue weighted by Crippen LogP contribution is -2.32. The fourth-order valence-electron chi connectivity index (χ4n) is 3.78. The number of rotatable bonds is 4. The highest BCUT2D eigenvalue weighted by Gasteiger charge is 2.14. The molecule has 5 nitrogen and oxygen atoms in total. The molecule has 2 aromatic heterocycles. The van der Waals surface area contributed by atoms with Gasteiger partial charge in [0, 0.05) is 35.3 Å². The van der Waals surface area contributed by atoms with Crippen LogP contribution in [0.15, 0.2) is 30.5 Å². The number of likely N-dealkylation sites (tertiary alicyclic amines) is 1. The quantitative estimate of drug-likeness (QED) is 0.745. The summed E-state index contributed by atoms with van der Waals surface area (Å²) in [6.07, 6.45) is 6.04. The highest BCUT2D eigenvalue weighted by Crippen LogP contribution is 2.34. The number of aromatic hydroxyl groups is 1. The Balaban J connectivity index is 1.59. The number of fused-ring (bicyclic) bond motifs is 1. The number of halogens is 1. The van der Waals surface area contributed by atoms with E-state index in [9.17, 15) is 5.11 Å². The first kappa shape index (κ1) is 17.3. The van der Waals surface area contributed by atoms with Crippen LogP contribution >= 0.6 is 11.6 Å². The molecule has 26 heavy (non-hydrogen) atoms. The Morgan fingerprint density at radius 2 is 1.88 bits per heavy atom. The Hall–Kier alpha value is -2.11. The van der Waals surface area contributed by atoms with Crippen molar-refractivity contribution in [3.8, 4) is 17.0 Å². The van der Waals surface area contributed by atoms with E-state index in [-0.39, 0.29) is 5.75 Å². The van der Waals surface area contributed by atoms with Crippen LogP contribution in [0.3, 0.4) is 0 Å². The monoisotopic (exact) mass is 370 g/mol. The molecule has 0 atom stereocenters. The van der Waals surface area contributed by atoms with Crippen LogP contribution in [-0.2, 0) is 6.54 Å². The van der Waals surface area contributed by atoms with Crippen LogP contribution in [0.5, 0.6) is 5.75 Å². The van der Waals surface area contributed by atoms with E-state index in [0.29, 0.717) is 16.3 Å². The number of phenolic OH excluding ortho intramolecular Hbond substituents is 1. The molecule has 0 amide bonds. The normalized spacial score (nSPS) is 15.6. The van der Waals surface area contributed by atoms with E-state index in [1.165, 1.54) is 32.4 Å². The number of aromatic nitrogens is 3. The predicted molar refractivity (Wildman–Crippen MR) is 105 cm³/mol. The van der Waals surface area contributed by atoms with Gasteiger partial charge in [-0.1, -0.05) is 18.0 Å². The highest BCUT2D eigenvalue weighted by molar-refractivity contribution is 6.31. The molecule has 0 unspecified atom stereocenters. The highest BCUT2D eigenvalue weighted by atomic mass is 35.5. The van der Waals surface area contributed by atoms with Crippen LogP contribution in [0.1, 0.15) is 24.8 Å². The fraction of sp³-hybridized carbons (Fsp3) is 0.400. The third kappa shape index (κ3) is 3.41. The molecule has 0 saturated carbocycles. The van der Waals surface area contributed by atoms with Gasteiger partial charge in [-0.3, -0.25) is 0 Å². The maximum Gasteiger partial charge on any atom is 0.162 e. The number of benzene rings is 1. The van der Waals surface area contributed by atoms with Gasteiger partial charge in [-0.25, -0.2) is 0 Å². The summed E-state index contributed by atoms with van der Waals surface area (Å²) in [6, 6.07) is 7.41. The topological polar surface area (TPSA) is 54.2 Å². The zero-order chi connectivity index (χ0) is 18.1. The first-order valence-electron chi connectivity index (χ1n) is 9.16. The average Bonchev–Trinajstić information content (AvgIpc) is 3.02. The van der Waals surface area contributed by atoms with Crippen molar-refractivity contribution in [3.05, 3.63) is 41.0 Å². The summed E-state index contributed by atoms with van der Waals surface area (Å²) in [5.41, 5.74) is 3.12. The minimum Gasteiger partial charge on any atom is -0.507 e. The molecule has 3 heterocycles. The van der Waals surface area contributed by atoms with Crippen LogP contribution in [-0.4, -0.2) is 44.4 Å². The standard InChI is InChI=1S/C20H23ClN4O/c1-14-11-16(21)13-18(26)19(14)17-12-15-5-8-25(20(15)23-22-17)10-9-24-6-3-2-4-7-24/h5,8,11-13,26H,2-4,6-7,9-10H2,1H3. The third-order valence-corrected chi connectivity index (χ3v) is 5.37. The van der Waals surface area contributed by atoms with Crippen molar-refractivity contribution in [1.82, 2.24) is 19.7 Å². The number of hydrogen-bond donors (Lipinski definition) is 1. The minimum absolute atomic E-state index is 0.133. The number of phenols is 1. The second kappa shape index (κ2) is 7.25. The number of piperidine rings is 1. The van der Waals surface area contributed by atoms with Crippen molar-refractivity contribution >= 4 is 22.6 Å². The summed E-state index contributed by atoms with van der Waals surface area (Å²) in [5.74, 6) is 0.133. The molecule has 4 rings (SSSR count). The molecule has 1 fully saturated rings. The van der Waals surface area contributed by atoms with Crippen LogP contribution < -0.4 is 0 Å². The molecular weight excluding hydrogens is 348 g/mol. The van der Waals surface area contributed by atoms with E-state index < -0.39 is 0 Å². The number of nitrogens with zero attached hydrogens (tertiary/aromatic N) is 4. The van der Waals surface area contributed by atoms with Crippen molar-refractivity contribution < 1.29 is 5.11 Å². The third-order valence-electron chi connectivity index (χ3n) is 5.15. The molecular formula is C20H23ClN4O. The lowest BCUT2D eigenvalue weighted by Gasteiger charge is -2.26. The van der Waals surface area contributed by atoms with E-state index >= 15 is 0 Å². The molecule has 6 heteroatoms. The van der Waals surface area contributed by atoms with Gasteiger partial charge in [0.1, 0.15) is 5.75 Å². The van der Waals surface area contributed by atoms with Crippen molar-refractivity contribution in [2.75, 3.05) is 19.6 Å². The summed E-state index contributed by atoms with van der Waals surface area (Å²) in [7, 11) is 0. The molecule has 136 valence electrons. The van der Waals surface area contributed by atoms with Gasteiger partial charge in [0.05, 0.1) is 5.69 Å². The van der Waals surface area contributed by atoms with Gasteiger partial charge in [-0.05, 0) is 62.7 Å². The smallest absolute Gasteiger partial charge is 0.162 e. The first-order chi connectivity index (χ1) is 12.6. The Morgan fingerprint density at radius 1 is 1.08 bits per heavy atom. The van der Waals surface area contributed by atoms with Gasteiger partial charge in [-0.2, -0.15) is 0 Å². The van der Waals surface area contributed by atoms with Gasteiger partial charge >= 0.3 is 0 Å². The van der Waals surface area contributed by atoms with Gasteiger partial charge < -0.3 is 14.6 Å². The van der Waals surface area contributed by atoms with E-state index in [1.54, 1.807) is 6.07 Å². The molecule has 1 N–H and O–H groups in total. The lowest BCUT2D eigenvalue weighted by atomic mass is 10.0. The van der Waals surface area contributed by atoms with Crippen LogP contribution in [0.25, 0.3) is 22.3 Å². The Labute approximate surface area is 158 Å². The Kier molecular flexibility index (Phi) is 4.83. The molecule has 1 aliphatic rings. The largest absolute Gasteiger partial charge is 0.507 e. The summed E-state index contributed by atoms with van der Waals surface area (Å²) >= 11 is 6.00. The SMILES string of the molecule is Cc1cc(Cl)cc(O)c1-c1cc2ccn(CCN3CCCCC3)c2nn1. The van der Waals surface area contributed by atoms with Crippen LogP contribution in [0, 0.1) is 6.92 Å². The zero-order valence-electron chi connectivity index (χ0n) is 15.0. The summed E-state index contributed by atoms with van der Waals surface area (Å²) in [6.45, 7) is 6.28. The molecule has 1 aliphatic heterocycles. The summed E-state index contributed by atoms with van der Waals surface area (Å²) in [4.78, 5) is 2.52. The van der Waals surface area contributed by atoms with Crippen molar-refractivity contribution in [2.24, 2.45) is 0 Å². The molecule has 0 spiro atoms. The van der Waals surface area contributed by atoms with Crippen LogP contribution in [0.4, 0.5) is 0 Å². The first-order valence-corrected chi connectivity index (χ1v) is 9.54. The average molecular weight is 371 g/mol. The maximum atomic E-state index is 10.3. The number of aryl methyl sites for hydroxylation is 1. The van der Waals surface area contributed by atoms with E-state index in [0.717, 1.165) is 29.7 Å². The summed E-state index contributed by atoms with van der Waals surface area (Å²) < 4.78 is 2.16. The molecule has 1 aromatic carbocycles. The molecule has 0 aliphatic carbocycles. The van der Waals surface area contributed by atoms with E-state index in [2.05, 4.69) is 31.9 Å². The van der Waals surface area contributed by atoms with Crippen LogP contribution in [0.2, 0.25) is 5.02 Å². The second-order valence-corrected chi connectivity index (χ2v) is 7.47. The van der Waals surface area contributed by atoms with E-state index in [1.807, 2.05) is 19.1 Å². The van der Waals surface area contributed by atoms with Crippen molar-refractivity contribution in [2.45, 2.75) is 32.7 Å². The maximum absolute atomic E-state index is 10.3. The molecule has 1 saturated heterocycles. The van der Waals surface area contributed by atoms with Gasteiger partial charge in [0.15, 0.2) is 5.65 Å². The minimum atomic E-state index is 0.133.